The third-order valence-electron chi connectivity index (χ3n) is 3.87. The molecule has 0 amide bonds. The summed E-state index contributed by atoms with van der Waals surface area (Å²) in [6, 6.07) is 6.98. The summed E-state index contributed by atoms with van der Waals surface area (Å²) < 4.78 is 0. The molecule has 0 bridgehead atoms. The minimum absolute atomic E-state index is 0.444. The Balaban J connectivity index is 2.52. The van der Waals surface area contributed by atoms with E-state index in [0.717, 1.165) is 0 Å². The molecular formula is C14H20. The van der Waals surface area contributed by atoms with Gasteiger partial charge < -0.3 is 0 Å². The van der Waals surface area contributed by atoms with Gasteiger partial charge in [-0.2, -0.15) is 0 Å². The van der Waals surface area contributed by atoms with Crippen LogP contribution in [0.1, 0.15) is 49.8 Å². The van der Waals surface area contributed by atoms with Crippen LogP contribution in [0.15, 0.2) is 18.2 Å². The molecule has 2 rings (SSSR count). The molecule has 14 heavy (non-hydrogen) atoms. The van der Waals surface area contributed by atoms with E-state index in [4.69, 9.17) is 0 Å². The van der Waals surface area contributed by atoms with Crippen LogP contribution in [-0.2, 0) is 11.8 Å². The molecule has 0 saturated heterocycles. The van der Waals surface area contributed by atoms with E-state index in [9.17, 15) is 0 Å². The molecule has 0 nitrogen and oxygen atoms in total. The molecule has 0 fully saturated rings. The summed E-state index contributed by atoms with van der Waals surface area (Å²) in [5.74, 6) is 0. The van der Waals surface area contributed by atoms with Gasteiger partial charge in [0.2, 0.25) is 0 Å². The van der Waals surface area contributed by atoms with E-state index in [2.05, 4.69) is 39.0 Å². The molecule has 1 aliphatic rings. The lowest BCUT2D eigenvalue weighted by molar-refractivity contribution is 0.381. The van der Waals surface area contributed by atoms with Crippen molar-refractivity contribution in [3.8, 4) is 0 Å². The minimum atomic E-state index is 0.444. The van der Waals surface area contributed by atoms with E-state index in [-0.39, 0.29) is 0 Å². The number of hydrogen-bond acceptors (Lipinski definition) is 0. The molecule has 1 aromatic carbocycles. The molecule has 0 heteroatoms. The highest BCUT2D eigenvalue weighted by atomic mass is 14.3. The summed E-state index contributed by atoms with van der Waals surface area (Å²) in [6.07, 6.45) is 5.27. The molecule has 1 atom stereocenters. The lowest BCUT2D eigenvalue weighted by atomic mass is 9.69. The monoisotopic (exact) mass is 188 g/mol. The van der Waals surface area contributed by atoms with Crippen LogP contribution >= 0.6 is 0 Å². The van der Waals surface area contributed by atoms with Crippen molar-refractivity contribution in [2.45, 2.75) is 51.9 Å². The summed E-state index contributed by atoms with van der Waals surface area (Å²) in [5.41, 5.74) is 5.06. The standard InChI is InChI=1S/C14H20/c1-4-14(3)9-5-6-12-8-7-11(2)10-13(12)14/h7-8,10H,4-6,9H2,1-3H3. The molecule has 0 radical (unpaired) electrons. The van der Waals surface area contributed by atoms with Gasteiger partial charge in [-0.05, 0) is 49.1 Å². The Hall–Kier alpha value is -0.780. The molecule has 1 aliphatic carbocycles. The van der Waals surface area contributed by atoms with Crippen LogP contribution in [0.5, 0.6) is 0 Å². The Kier molecular flexibility index (Phi) is 2.38. The predicted octanol–water partition coefficient (Wildman–Crippen LogP) is 4.00. The van der Waals surface area contributed by atoms with Crippen molar-refractivity contribution in [3.05, 3.63) is 34.9 Å². The second kappa shape index (κ2) is 3.42. The van der Waals surface area contributed by atoms with Crippen molar-refractivity contribution in [1.29, 1.82) is 0 Å². The van der Waals surface area contributed by atoms with Gasteiger partial charge in [0.15, 0.2) is 0 Å². The summed E-state index contributed by atoms with van der Waals surface area (Å²) in [6.45, 7) is 6.94. The first kappa shape index (κ1) is 9.76. The smallest absolute Gasteiger partial charge is 0.00749 e. The minimum Gasteiger partial charge on any atom is -0.0645 e. The summed E-state index contributed by atoms with van der Waals surface area (Å²) in [5, 5.41) is 0. The normalized spacial score (nSPS) is 25.9. The first-order valence-corrected chi connectivity index (χ1v) is 5.76. The van der Waals surface area contributed by atoms with Crippen molar-refractivity contribution >= 4 is 0 Å². The highest BCUT2D eigenvalue weighted by Gasteiger charge is 2.29. The number of fused-ring (bicyclic) bond motifs is 1. The van der Waals surface area contributed by atoms with Crippen LogP contribution in [-0.4, -0.2) is 0 Å². The number of benzene rings is 1. The van der Waals surface area contributed by atoms with Gasteiger partial charge in [0.05, 0.1) is 0 Å². The number of hydrogen-bond donors (Lipinski definition) is 0. The van der Waals surface area contributed by atoms with E-state index in [1.54, 1.807) is 11.1 Å². The maximum Gasteiger partial charge on any atom is -0.00749 e. The maximum absolute atomic E-state index is 2.42. The van der Waals surface area contributed by atoms with Crippen LogP contribution in [0.3, 0.4) is 0 Å². The average molecular weight is 188 g/mol. The zero-order valence-electron chi connectivity index (χ0n) is 9.56. The predicted molar refractivity (Wildman–Crippen MR) is 61.8 cm³/mol. The molecule has 0 spiro atoms. The lowest BCUT2D eigenvalue weighted by Gasteiger charge is -2.35. The van der Waals surface area contributed by atoms with E-state index in [1.807, 2.05) is 0 Å². The van der Waals surface area contributed by atoms with E-state index in [1.165, 1.54) is 31.2 Å². The molecule has 0 N–H and O–H groups in total. The van der Waals surface area contributed by atoms with Gasteiger partial charge in [-0.15, -0.1) is 0 Å². The van der Waals surface area contributed by atoms with Crippen molar-refractivity contribution in [1.82, 2.24) is 0 Å². The van der Waals surface area contributed by atoms with Crippen LogP contribution in [0.2, 0.25) is 0 Å². The van der Waals surface area contributed by atoms with Crippen molar-refractivity contribution < 1.29 is 0 Å². The van der Waals surface area contributed by atoms with Crippen molar-refractivity contribution in [2.75, 3.05) is 0 Å². The van der Waals surface area contributed by atoms with Gasteiger partial charge in [0.25, 0.3) is 0 Å². The van der Waals surface area contributed by atoms with E-state index in [0.29, 0.717) is 5.41 Å². The molecule has 0 saturated carbocycles. The zero-order valence-corrected chi connectivity index (χ0v) is 9.56. The fraction of sp³-hybridized carbons (Fsp3) is 0.571. The number of aryl methyl sites for hydroxylation is 2. The molecule has 1 aromatic rings. The second-order valence-electron chi connectivity index (χ2n) is 4.93. The first-order valence-electron chi connectivity index (χ1n) is 5.76. The van der Waals surface area contributed by atoms with Crippen LogP contribution in [0.4, 0.5) is 0 Å². The Bertz CT molecular complexity index is 338. The maximum atomic E-state index is 2.42. The summed E-state index contributed by atoms with van der Waals surface area (Å²) >= 11 is 0. The third-order valence-corrected chi connectivity index (χ3v) is 3.87. The zero-order chi connectivity index (χ0) is 10.2. The fourth-order valence-corrected chi connectivity index (χ4v) is 2.64. The Morgan fingerprint density at radius 2 is 2.14 bits per heavy atom. The second-order valence-corrected chi connectivity index (χ2v) is 4.93. The average Bonchev–Trinajstić information content (AvgIpc) is 2.20. The quantitative estimate of drug-likeness (QED) is 0.625. The molecule has 1 unspecified atom stereocenters. The Morgan fingerprint density at radius 3 is 2.86 bits per heavy atom. The molecule has 0 heterocycles. The Labute approximate surface area is 87.3 Å². The largest absolute Gasteiger partial charge is 0.0645 e. The van der Waals surface area contributed by atoms with Crippen LogP contribution in [0, 0.1) is 6.92 Å². The summed E-state index contributed by atoms with van der Waals surface area (Å²) in [7, 11) is 0. The number of rotatable bonds is 1. The summed E-state index contributed by atoms with van der Waals surface area (Å²) in [4.78, 5) is 0. The Morgan fingerprint density at radius 1 is 1.36 bits per heavy atom. The fourth-order valence-electron chi connectivity index (χ4n) is 2.64. The topological polar surface area (TPSA) is 0 Å². The lowest BCUT2D eigenvalue weighted by Crippen LogP contribution is -2.26. The van der Waals surface area contributed by atoms with Gasteiger partial charge in [0, 0.05) is 0 Å². The first-order chi connectivity index (χ1) is 6.65. The van der Waals surface area contributed by atoms with E-state index < -0.39 is 0 Å². The van der Waals surface area contributed by atoms with Gasteiger partial charge in [-0.1, -0.05) is 37.6 Å². The molecule has 0 aromatic heterocycles. The van der Waals surface area contributed by atoms with Gasteiger partial charge in [-0.25, -0.2) is 0 Å². The van der Waals surface area contributed by atoms with Crippen LogP contribution in [0.25, 0.3) is 0 Å². The molecular weight excluding hydrogens is 168 g/mol. The van der Waals surface area contributed by atoms with Crippen molar-refractivity contribution in [3.63, 3.8) is 0 Å². The van der Waals surface area contributed by atoms with E-state index >= 15 is 0 Å². The van der Waals surface area contributed by atoms with Crippen molar-refractivity contribution in [2.24, 2.45) is 0 Å². The van der Waals surface area contributed by atoms with Gasteiger partial charge >= 0.3 is 0 Å². The van der Waals surface area contributed by atoms with Gasteiger partial charge in [-0.3, -0.25) is 0 Å². The molecule has 76 valence electrons. The third kappa shape index (κ3) is 1.47. The van der Waals surface area contributed by atoms with Crippen LogP contribution < -0.4 is 0 Å². The SMILES string of the molecule is CCC1(C)CCCc2ccc(C)cc21. The highest BCUT2D eigenvalue weighted by Crippen LogP contribution is 2.39. The molecule has 0 aliphatic heterocycles. The van der Waals surface area contributed by atoms with Gasteiger partial charge in [0.1, 0.15) is 0 Å². The highest BCUT2D eigenvalue weighted by molar-refractivity contribution is 5.39.